The Kier molecular flexibility index (Phi) is 4.36. The van der Waals surface area contributed by atoms with E-state index in [-0.39, 0.29) is 24.1 Å². The normalized spacial score (nSPS) is 36.5. The van der Waals surface area contributed by atoms with E-state index < -0.39 is 0 Å². The summed E-state index contributed by atoms with van der Waals surface area (Å²) in [6.07, 6.45) is 1.48. The van der Waals surface area contributed by atoms with Crippen molar-refractivity contribution in [1.82, 2.24) is 0 Å². The summed E-state index contributed by atoms with van der Waals surface area (Å²) in [6.45, 7) is 5.56. The highest BCUT2D eigenvalue weighted by Gasteiger charge is 2.40. The third kappa shape index (κ3) is 3.45. The van der Waals surface area contributed by atoms with Gasteiger partial charge in [0, 0.05) is 6.42 Å². The SMILES string of the molecule is CC1OCCC(CC2OCC3(COCOC3)CO2)O1. The summed E-state index contributed by atoms with van der Waals surface area (Å²) in [5, 5.41) is 0. The van der Waals surface area contributed by atoms with E-state index in [9.17, 15) is 0 Å². The molecule has 0 aromatic heterocycles. The van der Waals surface area contributed by atoms with E-state index in [0.29, 0.717) is 33.2 Å². The molecule has 0 aliphatic carbocycles. The van der Waals surface area contributed by atoms with Gasteiger partial charge in [0.2, 0.25) is 0 Å². The molecule has 0 bridgehead atoms. The Bertz CT molecular complexity index is 281. The Morgan fingerprint density at radius 1 is 1.00 bits per heavy atom. The van der Waals surface area contributed by atoms with Gasteiger partial charge in [-0.2, -0.15) is 0 Å². The second-order valence-corrected chi connectivity index (χ2v) is 5.59. The van der Waals surface area contributed by atoms with E-state index in [4.69, 9.17) is 28.4 Å². The molecule has 0 aromatic carbocycles. The summed E-state index contributed by atoms with van der Waals surface area (Å²) in [4.78, 5) is 0. The monoisotopic (exact) mass is 274 g/mol. The highest BCUT2D eigenvalue weighted by molar-refractivity contribution is 4.83. The highest BCUT2D eigenvalue weighted by Crippen LogP contribution is 2.30. The fourth-order valence-corrected chi connectivity index (χ4v) is 2.68. The van der Waals surface area contributed by atoms with Crippen molar-refractivity contribution in [3.8, 4) is 0 Å². The Balaban J connectivity index is 1.44. The van der Waals surface area contributed by atoms with Crippen LogP contribution >= 0.6 is 0 Å². The number of hydrogen-bond acceptors (Lipinski definition) is 6. The third-order valence-electron chi connectivity index (χ3n) is 3.77. The van der Waals surface area contributed by atoms with Crippen molar-refractivity contribution >= 4 is 0 Å². The summed E-state index contributed by atoms with van der Waals surface area (Å²) in [6, 6.07) is 0. The van der Waals surface area contributed by atoms with Crippen molar-refractivity contribution in [2.75, 3.05) is 39.8 Å². The summed E-state index contributed by atoms with van der Waals surface area (Å²) in [7, 11) is 0. The molecule has 3 saturated heterocycles. The Morgan fingerprint density at radius 3 is 2.42 bits per heavy atom. The van der Waals surface area contributed by atoms with Crippen molar-refractivity contribution in [1.29, 1.82) is 0 Å². The largest absolute Gasteiger partial charge is 0.355 e. The summed E-state index contributed by atoms with van der Waals surface area (Å²) >= 11 is 0. The number of hydrogen-bond donors (Lipinski definition) is 0. The fraction of sp³-hybridized carbons (Fsp3) is 1.00. The standard InChI is InChI=1S/C13H22O6/c1-10-16-3-2-11(19-10)4-12-17-7-13(8-18-12)5-14-9-15-6-13/h10-12H,2-9H2,1H3. The van der Waals surface area contributed by atoms with Gasteiger partial charge in [0.05, 0.1) is 44.6 Å². The smallest absolute Gasteiger partial charge is 0.160 e. The van der Waals surface area contributed by atoms with Crippen molar-refractivity contribution < 1.29 is 28.4 Å². The lowest BCUT2D eigenvalue weighted by Gasteiger charge is -2.42. The van der Waals surface area contributed by atoms with E-state index in [2.05, 4.69) is 0 Å². The molecule has 0 N–H and O–H groups in total. The minimum absolute atomic E-state index is 0.126. The van der Waals surface area contributed by atoms with Crippen LogP contribution in [0.3, 0.4) is 0 Å². The third-order valence-corrected chi connectivity index (χ3v) is 3.77. The van der Waals surface area contributed by atoms with Crippen molar-refractivity contribution in [3.05, 3.63) is 0 Å². The van der Waals surface area contributed by atoms with Gasteiger partial charge in [-0.25, -0.2) is 0 Å². The number of ether oxygens (including phenoxy) is 6. The summed E-state index contributed by atoms with van der Waals surface area (Å²) in [5.74, 6) is 0. The molecule has 3 aliphatic rings. The predicted molar refractivity (Wildman–Crippen MR) is 64.4 cm³/mol. The number of rotatable bonds is 2. The van der Waals surface area contributed by atoms with Crippen LogP contribution in [0.1, 0.15) is 19.8 Å². The van der Waals surface area contributed by atoms with Crippen molar-refractivity contribution in [2.45, 2.75) is 38.4 Å². The van der Waals surface area contributed by atoms with Crippen LogP contribution in [0.5, 0.6) is 0 Å². The van der Waals surface area contributed by atoms with Crippen molar-refractivity contribution in [2.24, 2.45) is 5.41 Å². The first-order chi connectivity index (χ1) is 9.26. The zero-order valence-corrected chi connectivity index (χ0v) is 11.3. The van der Waals surface area contributed by atoms with E-state index in [0.717, 1.165) is 19.4 Å². The maximum absolute atomic E-state index is 5.81. The Hall–Kier alpha value is -0.240. The predicted octanol–water partition coefficient (Wildman–Crippen LogP) is 0.892. The van der Waals surface area contributed by atoms with Crippen LogP contribution in [-0.2, 0) is 28.4 Å². The molecule has 0 radical (unpaired) electrons. The molecule has 19 heavy (non-hydrogen) atoms. The van der Waals surface area contributed by atoms with Crippen molar-refractivity contribution in [3.63, 3.8) is 0 Å². The molecule has 1 spiro atoms. The second kappa shape index (κ2) is 6.03. The van der Waals surface area contributed by atoms with Crippen LogP contribution < -0.4 is 0 Å². The lowest BCUT2D eigenvalue weighted by molar-refractivity contribution is -0.292. The second-order valence-electron chi connectivity index (χ2n) is 5.59. The molecule has 2 atom stereocenters. The molecular weight excluding hydrogens is 252 g/mol. The molecule has 3 rings (SSSR count). The zero-order chi connectivity index (χ0) is 13.1. The molecule has 6 heteroatoms. The molecule has 0 amide bonds. The van der Waals surface area contributed by atoms with Gasteiger partial charge in [0.1, 0.15) is 6.79 Å². The first kappa shape index (κ1) is 13.7. The van der Waals surface area contributed by atoms with E-state index in [1.54, 1.807) is 0 Å². The van der Waals surface area contributed by atoms with Gasteiger partial charge in [-0.15, -0.1) is 0 Å². The van der Waals surface area contributed by atoms with Crippen LogP contribution in [0.2, 0.25) is 0 Å². The summed E-state index contributed by atoms with van der Waals surface area (Å²) < 4.78 is 33.3. The Morgan fingerprint density at radius 2 is 1.74 bits per heavy atom. The van der Waals surface area contributed by atoms with E-state index >= 15 is 0 Å². The van der Waals surface area contributed by atoms with Crippen LogP contribution in [0.25, 0.3) is 0 Å². The van der Waals surface area contributed by atoms with Gasteiger partial charge >= 0.3 is 0 Å². The lowest BCUT2D eigenvalue weighted by atomic mass is 9.91. The highest BCUT2D eigenvalue weighted by atomic mass is 16.7. The lowest BCUT2D eigenvalue weighted by Crippen LogP contribution is -2.51. The molecular formula is C13H22O6. The molecule has 3 heterocycles. The van der Waals surface area contributed by atoms with Crippen LogP contribution in [0.4, 0.5) is 0 Å². The molecule has 3 aliphatic heterocycles. The molecule has 0 aromatic rings. The van der Waals surface area contributed by atoms with Gasteiger partial charge in [0.15, 0.2) is 12.6 Å². The minimum atomic E-state index is -0.192. The quantitative estimate of drug-likeness (QED) is 0.745. The zero-order valence-electron chi connectivity index (χ0n) is 11.3. The molecule has 6 nitrogen and oxygen atoms in total. The van der Waals surface area contributed by atoms with Gasteiger partial charge in [-0.3, -0.25) is 0 Å². The van der Waals surface area contributed by atoms with Crippen LogP contribution in [-0.4, -0.2) is 58.5 Å². The van der Waals surface area contributed by atoms with E-state index in [1.165, 1.54) is 0 Å². The minimum Gasteiger partial charge on any atom is -0.355 e. The van der Waals surface area contributed by atoms with Crippen LogP contribution in [0.15, 0.2) is 0 Å². The summed E-state index contributed by atoms with van der Waals surface area (Å²) in [5.41, 5.74) is -0.126. The molecule has 2 unspecified atom stereocenters. The van der Waals surface area contributed by atoms with Gasteiger partial charge in [-0.1, -0.05) is 0 Å². The van der Waals surface area contributed by atoms with E-state index in [1.807, 2.05) is 6.92 Å². The topological polar surface area (TPSA) is 55.4 Å². The van der Waals surface area contributed by atoms with Gasteiger partial charge < -0.3 is 28.4 Å². The van der Waals surface area contributed by atoms with Gasteiger partial charge in [-0.05, 0) is 13.3 Å². The average molecular weight is 274 g/mol. The molecule has 0 saturated carbocycles. The van der Waals surface area contributed by atoms with Crippen LogP contribution in [0, 0.1) is 5.41 Å². The maximum Gasteiger partial charge on any atom is 0.160 e. The average Bonchev–Trinajstić information content (AvgIpc) is 2.43. The first-order valence-electron chi connectivity index (χ1n) is 6.92. The molecule has 110 valence electrons. The fourth-order valence-electron chi connectivity index (χ4n) is 2.68. The van der Waals surface area contributed by atoms with Gasteiger partial charge in [0.25, 0.3) is 0 Å². The maximum atomic E-state index is 5.81. The Labute approximate surface area is 113 Å². The molecule has 3 fully saturated rings. The first-order valence-corrected chi connectivity index (χ1v) is 6.92.